The highest BCUT2D eigenvalue weighted by atomic mass is 32.2. The van der Waals surface area contributed by atoms with Crippen molar-refractivity contribution in [2.24, 2.45) is 0 Å². The molecule has 0 heterocycles. The summed E-state index contributed by atoms with van der Waals surface area (Å²) in [5.74, 6) is -1.28. The van der Waals surface area contributed by atoms with Crippen LogP contribution in [0.3, 0.4) is 0 Å². The summed E-state index contributed by atoms with van der Waals surface area (Å²) in [5, 5.41) is 2.63. The van der Waals surface area contributed by atoms with Crippen LogP contribution in [0.25, 0.3) is 0 Å². The van der Waals surface area contributed by atoms with Gasteiger partial charge in [-0.1, -0.05) is 25.1 Å². The fourth-order valence-corrected chi connectivity index (χ4v) is 3.81. The van der Waals surface area contributed by atoms with Crippen LogP contribution < -0.4 is 10.1 Å². The zero-order chi connectivity index (χ0) is 21.6. The molecule has 1 unspecified atom stereocenters. The zero-order valence-electron chi connectivity index (χ0n) is 15.8. The van der Waals surface area contributed by atoms with E-state index in [0.29, 0.717) is 12.0 Å². The maximum absolute atomic E-state index is 13.0. The van der Waals surface area contributed by atoms with Gasteiger partial charge in [-0.05, 0) is 36.8 Å². The fraction of sp³-hybridized carbons (Fsp3) is 0.316. The lowest BCUT2D eigenvalue weighted by Crippen LogP contribution is -2.39. The molecule has 0 fully saturated rings. The molecule has 0 saturated carbocycles. The predicted octanol–water partition coefficient (Wildman–Crippen LogP) is 3.32. The first-order valence-corrected chi connectivity index (χ1v) is 10.1. The molecule has 1 N–H and O–H groups in total. The number of nitrogens with zero attached hydrogens (tertiary/aromatic N) is 1. The van der Waals surface area contributed by atoms with E-state index in [1.54, 1.807) is 19.1 Å². The Kier molecular flexibility index (Phi) is 7.63. The number of sulfonamides is 1. The largest absolute Gasteiger partial charge is 0.434 e. The van der Waals surface area contributed by atoms with Crippen LogP contribution in [-0.4, -0.2) is 38.8 Å². The van der Waals surface area contributed by atoms with E-state index in [0.717, 1.165) is 28.6 Å². The van der Waals surface area contributed by atoms with E-state index in [1.807, 2.05) is 0 Å². The van der Waals surface area contributed by atoms with Crippen molar-refractivity contribution in [1.82, 2.24) is 9.62 Å². The summed E-state index contributed by atoms with van der Waals surface area (Å²) in [6, 6.07) is 9.62. The number of hydrogen-bond donors (Lipinski definition) is 1. The number of nitrogens with one attached hydrogen (secondary N) is 1. The minimum atomic E-state index is -4.00. The molecule has 2 rings (SSSR count). The number of carbonyl (C=O) groups is 1. The first kappa shape index (κ1) is 22.7. The van der Waals surface area contributed by atoms with Crippen LogP contribution in [0.4, 0.5) is 13.2 Å². The van der Waals surface area contributed by atoms with E-state index in [-0.39, 0.29) is 10.6 Å². The summed E-state index contributed by atoms with van der Waals surface area (Å²) in [6.07, 6.45) is 0.365. The van der Waals surface area contributed by atoms with Gasteiger partial charge in [0.25, 0.3) is 0 Å². The number of para-hydroxylation sites is 1. The van der Waals surface area contributed by atoms with Crippen molar-refractivity contribution in [3.8, 4) is 5.75 Å². The summed E-state index contributed by atoms with van der Waals surface area (Å²) in [7, 11) is -2.78. The van der Waals surface area contributed by atoms with Crippen molar-refractivity contribution in [2.45, 2.75) is 30.9 Å². The molecular weight excluding hydrogens is 409 g/mol. The quantitative estimate of drug-likeness (QED) is 0.662. The Labute approximate surface area is 167 Å². The molecule has 158 valence electrons. The van der Waals surface area contributed by atoms with Gasteiger partial charge >= 0.3 is 6.61 Å². The smallest absolute Gasteiger partial charge is 0.387 e. The monoisotopic (exact) mass is 430 g/mol. The molecule has 1 atom stereocenters. The second-order valence-corrected chi connectivity index (χ2v) is 8.20. The molecule has 0 aliphatic rings. The van der Waals surface area contributed by atoms with Crippen LogP contribution in [0.5, 0.6) is 5.75 Å². The first-order chi connectivity index (χ1) is 13.6. The molecule has 0 saturated heterocycles. The summed E-state index contributed by atoms with van der Waals surface area (Å²) < 4.78 is 68.6. The number of hydrogen-bond acceptors (Lipinski definition) is 4. The average Bonchev–Trinajstić information content (AvgIpc) is 2.66. The second kappa shape index (κ2) is 9.75. The fourth-order valence-electron chi connectivity index (χ4n) is 2.69. The summed E-state index contributed by atoms with van der Waals surface area (Å²) in [5.41, 5.74) is 0.354. The van der Waals surface area contributed by atoms with E-state index in [1.165, 1.54) is 19.2 Å². The number of likely N-dealkylation sites (N-methyl/N-ethyl adjacent to an activating group) is 1. The van der Waals surface area contributed by atoms with E-state index in [2.05, 4.69) is 10.1 Å². The van der Waals surface area contributed by atoms with Gasteiger partial charge in [-0.2, -0.15) is 13.1 Å². The third-order valence-electron chi connectivity index (χ3n) is 4.14. The molecule has 29 heavy (non-hydrogen) atoms. The lowest BCUT2D eigenvalue weighted by molar-refractivity contribution is -0.121. The van der Waals surface area contributed by atoms with Crippen molar-refractivity contribution in [2.75, 3.05) is 13.6 Å². The van der Waals surface area contributed by atoms with Crippen molar-refractivity contribution in [3.63, 3.8) is 0 Å². The third kappa shape index (κ3) is 5.94. The summed E-state index contributed by atoms with van der Waals surface area (Å²) in [6.45, 7) is -1.78. The molecule has 0 radical (unpaired) electrons. The molecule has 10 heteroatoms. The van der Waals surface area contributed by atoms with Crippen LogP contribution >= 0.6 is 0 Å². The normalized spacial score (nSPS) is 12.8. The minimum absolute atomic E-state index is 0.0676. The molecule has 6 nitrogen and oxygen atoms in total. The number of halogens is 3. The Bertz CT molecular complexity index is 937. The SMILES string of the molecule is CCC(NC(=O)CN(C)S(=O)(=O)c1ccc(F)cc1)c1ccccc1OC(F)F. The standard InChI is InChI=1S/C19H21F3N2O4S/c1-3-16(15-6-4-5-7-17(15)28-19(21)22)23-18(25)12-24(2)29(26,27)14-10-8-13(20)9-11-14/h4-11,16,19H,3,12H2,1-2H3,(H,23,25). The van der Waals surface area contributed by atoms with Gasteiger partial charge in [0.15, 0.2) is 0 Å². The van der Waals surface area contributed by atoms with Gasteiger partial charge < -0.3 is 10.1 Å². The lowest BCUT2D eigenvalue weighted by atomic mass is 10.0. The lowest BCUT2D eigenvalue weighted by Gasteiger charge is -2.22. The Morgan fingerprint density at radius 2 is 1.76 bits per heavy atom. The highest BCUT2D eigenvalue weighted by molar-refractivity contribution is 7.89. The highest BCUT2D eigenvalue weighted by Gasteiger charge is 2.25. The van der Waals surface area contributed by atoms with Crippen LogP contribution in [-0.2, 0) is 14.8 Å². The number of benzene rings is 2. The van der Waals surface area contributed by atoms with Crippen molar-refractivity contribution < 1.29 is 31.1 Å². The van der Waals surface area contributed by atoms with Gasteiger partial charge in [0, 0.05) is 12.6 Å². The van der Waals surface area contributed by atoms with Gasteiger partial charge in [-0.3, -0.25) is 4.79 Å². The van der Waals surface area contributed by atoms with E-state index >= 15 is 0 Å². The summed E-state index contributed by atoms with van der Waals surface area (Å²) in [4.78, 5) is 12.2. The van der Waals surface area contributed by atoms with Crippen LogP contribution in [0.2, 0.25) is 0 Å². The number of alkyl halides is 2. The Hall–Kier alpha value is -2.59. The molecule has 0 spiro atoms. The average molecular weight is 430 g/mol. The maximum Gasteiger partial charge on any atom is 0.387 e. The maximum atomic E-state index is 13.0. The van der Waals surface area contributed by atoms with E-state index in [9.17, 15) is 26.4 Å². The van der Waals surface area contributed by atoms with Gasteiger partial charge in [0.05, 0.1) is 17.5 Å². The van der Waals surface area contributed by atoms with Crippen LogP contribution in [0, 0.1) is 5.82 Å². The predicted molar refractivity (Wildman–Crippen MR) is 100 cm³/mol. The molecule has 1 amide bonds. The van der Waals surface area contributed by atoms with E-state index in [4.69, 9.17) is 0 Å². The van der Waals surface area contributed by atoms with E-state index < -0.39 is 40.9 Å². The second-order valence-electron chi connectivity index (χ2n) is 6.16. The molecule has 0 aliphatic carbocycles. The summed E-state index contributed by atoms with van der Waals surface area (Å²) >= 11 is 0. The molecule has 0 bridgehead atoms. The number of ether oxygens (including phenoxy) is 1. The Morgan fingerprint density at radius 3 is 2.34 bits per heavy atom. The van der Waals surface area contributed by atoms with Crippen LogP contribution in [0.1, 0.15) is 24.9 Å². The molecule has 2 aromatic rings. The zero-order valence-corrected chi connectivity index (χ0v) is 16.6. The van der Waals surface area contributed by atoms with Crippen molar-refractivity contribution >= 4 is 15.9 Å². The number of carbonyl (C=O) groups excluding carboxylic acids is 1. The highest BCUT2D eigenvalue weighted by Crippen LogP contribution is 2.28. The minimum Gasteiger partial charge on any atom is -0.434 e. The molecule has 0 aromatic heterocycles. The van der Waals surface area contributed by atoms with Gasteiger partial charge in [0.2, 0.25) is 15.9 Å². The topological polar surface area (TPSA) is 75.7 Å². The Morgan fingerprint density at radius 1 is 1.14 bits per heavy atom. The molecular formula is C19H21F3N2O4S. The van der Waals surface area contributed by atoms with Crippen molar-refractivity contribution in [1.29, 1.82) is 0 Å². The van der Waals surface area contributed by atoms with Gasteiger partial charge in [0.1, 0.15) is 11.6 Å². The first-order valence-electron chi connectivity index (χ1n) is 8.70. The molecule has 2 aromatic carbocycles. The third-order valence-corrected chi connectivity index (χ3v) is 5.96. The van der Waals surface area contributed by atoms with Crippen LogP contribution in [0.15, 0.2) is 53.4 Å². The Balaban J connectivity index is 2.11. The number of rotatable bonds is 9. The molecule has 0 aliphatic heterocycles. The van der Waals surface area contributed by atoms with Crippen molar-refractivity contribution in [3.05, 3.63) is 59.9 Å². The van der Waals surface area contributed by atoms with Gasteiger partial charge in [-0.25, -0.2) is 12.8 Å². The van der Waals surface area contributed by atoms with Gasteiger partial charge in [-0.15, -0.1) is 0 Å². The number of amides is 1.